The minimum absolute atomic E-state index is 0.0857. The van der Waals surface area contributed by atoms with Crippen LogP contribution >= 0.6 is 24.0 Å². The fourth-order valence-electron chi connectivity index (χ4n) is 2.22. The molecule has 0 aliphatic carbocycles. The number of carbonyl (C=O) groups is 1. The Kier molecular flexibility index (Phi) is 6.46. The number of hydrogen-bond acceptors (Lipinski definition) is 6. The molecule has 118 valence electrons. The first-order chi connectivity index (χ1) is 10.6. The minimum atomic E-state index is -0.128. The molecule has 1 aromatic heterocycles. The van der Waals surface area contributed by atoms with E-state index < -0.39 is 0 Å². The molecule has 1 unspecified atom stereocenters. The number of amides is 1. The Morgan fingerprint density at radius 3 is 2.73 bits per heavy atom. The fourth-order valence-corrected chi connectivity index (χ4v) is 3.39. The first-order valence-corrected chi connectivity index (χ1v) is 8.37. The molecule has 0 bridgehead atoms. The molecule has 0 saturated carbocycles. The molecule has 7 heteroatoms. The van der Waals surface area contributed by atoms with Gasteiger partial charge in [-0.05, 0) is 18.5 Å². The van der Waals surface area contributed by atoms with Crippen molar-refractivity contribution in [2.45, 2.75) is 12.3 Å². The molecular weight excluding hydrogens is 318 g/mol. The van der Waals surface area contributed by atoms with Crippen LogP contribution in [0.15, 0.2) is 28.1 Å². The van der Waals surface area contributed by atoms with Crippen molar-refractivity contribution in [2.75, 3.05) is 33.4 Å². The number of carbonyl (C=O) groups excluding carboxylic acids is 1. The van der Waals surface area contributed by atoms with Crippen molar-refractivity contribution in [3.05, 3.63) is 33.0 Å². The van der Waals surface area contributed by atoms with Crippen LogP contribution in [0.25, 0.3) is 0 Å². The summed E-state index contributed by atoms with van der Waals surface area (Å²) in [5.74, 6) is -0.214. The molecule has 22 heavy (non-hydrogen) atoms. The van der Waals surface area contributed by atoms with E-state index in [-0.39, 0.29) is 11.8 Å². The van der Waals surface area contributed by atoms with Gasteiger partial charge in [-0.15, -0.1) is 24.0 Å². The van der Waals surface area contributed by atoms with Crippen molar-refractivity contribution < 1.29 is 9.53 Å². The summed E-state index contributed by atoms with van der Waals surface area (Å²) < 4.78 is 5.10. The summed E-state index contributed by atoms with van der Waals surface area (Å²) in [6.45, 7) is 4.02. The summed E-state index contributed by atoms with van der Waals surface area (Å²) in [5.41, 5.74) is 0.542. The monoisotopic (exact) mass is 337 g/mol. The molecule has 0 aromatic carbocycles. The van der Waals surface area contributed by atoms with Crippen LogP contribution in [0.3, 0.4) is 0 Å². The van der Waals surface area contributed by atoms with E-state index in [1.54, 1.807) is 11.3 Å². The van der Waals surface area contributed by atoms with Gasteiger partial charge < -0.3 is 15.0 Å². The number of allylic oxidation sites excluding steroid dienone is 1. The predicted octanol–water partition coefficient (Wildman–Crippen LogP) is 1.96. The van der Waals surface area contributed by atoms with Gasteiger partial charge in [-0.3, -0.25) is 4.79 Å². The second-order valence-electron chi connectivity index (χ2n) is 5.11. The molecule has 2 aliphatic heterocycles. The lowest BCUT2D eigenvalue weighted by atomic mass is 9.93. The van der Waals surface area contributed by atoms with Crippen LogP contribution in [0.4, 0.5) is 0 Å². The lowest BCUT2D eigenvalue weighted by Crippen LogP contribution is -2.32. The zero-order chi connectivity index (χ0) is 15.9. The van der Waals surface area contributed by atoms with E-state index in [1.165, 1.54) is 0 Å². The van der Waals surface area contributed by atoms with Gasteiger partial charge in [0.1, 0.15) is 0 Å². The first-order valence-electron chi connectivity index (χ1n) is 7.04. The highest BCUT2D eigenvalue weighted by molar-refractivity contribution is 7.84. The predicted molar refractivity (Wildman–Crippen MR) is 89.8 cm³/mol. The zero-order valence-corrected chi connectivity index (χ0v) is 14.1. The van der Waals surface area contributed by atoms with E-state index in [2.05, 4.69) is 36.0 Å². The van der Waals surface area contributed by atoms with E-state index in [0.717, 1.165) is 31.2 Å². The number of thiol groups is 1. The maximum Gasteiger partial charge on any atom is 0.225 e. The molecule has 3 heterocycles. The number of nitrogens with zero attached hydrogens (tertiary/aromatic N) is 2. The quantitative estimate of drug-likeness (QED) is 0.769. The van der Waals surface area contributed by atoms with Gasteiger partial charge in [0.15, 0.2) is 0 Å². The van der Waals surface area contributed by atoms with Gasteiger partial charge in [-0.1, -0.05) is 6.07 Å². The number of thiophene rings is 1. The third-order valence-corrected chi connectivity index (χ3v) is 4.83. The van der Waals surface area contributed by atoms with Crippen LogP contribution in [-0.4, -0.2) is 44.2 Å². The molecule has 2 aliphatic rings. The molecule has 3 rings (SSSR count). The third kappa shape index (κ3) is 4.58. The van der Waals surface area contributed by atoms with E-state index in [1.807, 2.05) is 17.5 Å². The van der Waals surface area contributed by atoms with Crippen molar-refractivity contribution in [1.29, 1.82) is 5.26 Å². The van der Waals surface area contributed by atoms with Gasteiger partial charge in [-0.2, -0.15) is 5.26 Å². The normalized spacial score (nSPS) is 22.4. The molecule has 1 atom stereocenters. The number of nitrogens with one attached hydrogen (secondary N) is 1. The Morgan fingerprint density at radius 1 is 1.50 bits per heavy atom. The van der Waals surface area contributed by atoms with Crippen LogP contribution in [0.5, 0.6) is 0 Å². The highest BCUT2D eigenvalue weighted by atomic mass is 32.1. The summed E-state index contributed by atoms with van der Waals surface area (Å²) in [4.78, 5) is 14.6. The minimum Gasteiger partial charge on any atom is -0.379 e. The van der Waals surface area contributed by atoms with Crippen LogP contribution < -0.4 is 5.32 Å². The lowest BCUT2D eigenvalue weighted by Gasteiger charge is -2.21. The van der Waals surface area contributed by atoms with Crippen molar-refractivity contribution in [1.82, 2.24) is 10.2 Å². The van der Waals surface area contributed by atoms with E-state index >= 15 is 0 Å². The van der Waals surface area contributed by atoms with E-state index in [4.69, 9.17) is 10.00 Å². The maximum atomic E-state index is 11.3. The van der Waals surface area contributed by atoms with Crippen LogP contribution in [0.2, 0.25) is 0 Å². The van der Waals surface area contributed by atoms with Gasteiger partial charge in [0.25, 0.3) is 0 Å². The molecular formula is C15H19N3O2S2. The number of hydrogen-bond donors (Lipinski definition) is 2. The average molecular weight is 337 g/mol. The van der Waals surface area contributed by atoms with Crippen LogP contribution in [0, 0.1) is 11.3 Å². The Morgan fingerprint density at radius 2 is 2.23 bits per heavy atom. The van der Waals surface area contributed by atoms with Crippen molar-refractivity contribution in [3.63, 3.8) is 0 Å². The molecule has 1 saturated heterocycles. The summed E-state index contributed by atoms with van der Waals surface area (Å²) in [5, 5.41) is 13.9. The fraction of sp³-hybridized carbons (Fsp3) is 0.467. The Bertz CT molecular complexity index is 572. The summed E-state index contributed by atoms with van der Waals surface area (Å²) in [7, 11) is 2.11. The Balaban J connectivity index is 0.000000211. The largest absolute Gasteiger partial charge is 0.379 e. The summed E-state index contributed by atoms with van der Waals surface area (Å²) >= 11 is 5.67. The summed E-state index contributed by atoms with van der Waals surface area (Å²) in [6.07, 6.45) is 0.327. The number of rotatable bonds is 1. The Hall–Kier alpha value is -1.33. The molecule has 1 aromatic rings. The van der Waals surface area contributed by atoms with Crippen LogP contribution in [0.1, 0.15) is 17.2 Å². The molecule has 1 N–H and O–H groups in total. The number of likely N-dealkylation sites (N-methyl/N-ethyl adjacent to an activating group) is 1. The van der Waals surface area contributed by atoms with Crippen molar-refractivity contribution in [2.24, 2.45) is 0 Å². The smallest absolute Gasteiger partial charge is 0.225 e. The third-order valence-electron chi connectivity index (χ3n) is 3.49. The summed E-state index contributed by atoms with van der Waals surface area (Å²) in [6, 6.07) is 5.96. The average Bonchev–Trinajstić information content (AvgIpc) is 3.02. The van der Waals surface area contributed by atoms with Crippen LogP contribution in [-0.2, 0) is 9.53 Å². The Labute approximate surface area is 140 Å². The topological polar surface area (TPSA) is 65.4 Å². The molecule has 5 nitrogen and oxygen atoms in total. The second-order valence-corrected chi connectivity index (χ2v) is 6.54. The molecule has 1 fully saturated rings. The van der Waals surface area contributed by atoms with Crippen molar-refractivity contribution >= 4 is 29.9 Å². The van der Waals surface area contributed by atoms with E-state index in [9.17, 15) is 4.79 Å². The highest BCUT2D eigenvalue weighted by Crippen LogP contribution is 2.35. The second kappa shape index (κ2) is 8.34. The van der Waals surface area contributed by atoms with Gasteiger partial charge in [0, 0.05) is 30.3 Å². The molecule has 0 spiro atoms. The van der Waals surface area contributed by atoms with Crippen molar-refractivity contribution in [3.8, 4) is 6.07 Å². The standard InChI is InChI=1S/C10H8N2OS2.C5H11NO/c11-5-7-6(8-2-1-3-15-8)4-9(13)12-10(7)14;1-6-2-4-7-5-3-6/h1-3,6,14H,4H2,(H,12,13);2-5H2,1H3. The van der Waals surface area contributed by atoms with Gasteiger partial charge in [0.2, 0.25) is 5.91 Å². The zero-order valence-electron chi connectivity index (χ0n) is 12.4. The number of morpholine rings is 1. The maximum absolute atomic E-state index is 11.3. The highest BCUT2D eigenvalue weighted by Gasteiger charge is 2.28. The number of ether oxygens (including phenoxy) is 1. The molecule has 1 amide bonds. The van der Waals surface area contributed by atoms with Gasteiger partial charge >= 0.3 is 0 Å². The van der Waals surface area contributed by atoms with Gasteiger partial charge in [-0.25, -0.2) is 0 Å². The lowest BCUT2D eigenvalue weighted by molar-refractivity contribution is -0.120. The number of nitriles is 1. The SMILES string of the molecule is CN1CCOCC1.N#CC1=C(S)NC(=O)CC1c1cccs1. The molecule has 0 radical (unpaired) electrons. The van der Waals surface area contributed by atoms with E-state index in [0.29, 0.717) is 17.0 Å². The first kappa shape index (κ1) is 17.0. The van der Waals surface area contributed by atoms with Gasteiger partial charge in [0.05, 0.1) is 29.9 Å².